The SMILES string of the molecule is CNC(=O)CN1CCC(NC2CCCOC2)CC1. The number of rotatable bonds is 4. The molecule has 2 N–H and O–H groups in total. The van der Waals surface area contributed by atoms with Gasteiger partial charge < -0.3 is 15.4 Å². The number of likely N-dealkylation sites (N-methyl/N-ethyl adjacent to an activating group) is 1. The van der Waals surface area contributed by atoms with Crippen molar-refractivity contribution < 1.29 is 9.53 Å². The molecule has 0 aliphatic carbocycles. The number of amides is 1. The van der Waals surface area contributed by atoms with E-state index in [1.54, 1.807) is 7.05 Å². The van der Waals surface area contributed by atoms with Gasteiger partial charge in [0.25, 0.3) is 0 Å². The summed E-state index contributed by atoms with van der Waals surface area (Å²) in [4.78, 5) is 13.5. The molecule has 2 saturated heterocycles. The van der Waals surface area contributed by atoms with Gasteiger partial charge in [0.2, 0.25) is 5.91 Å². The number of likely N-dealkylation sites (tertiary alicyclic amines) is 1. The Morgan fingerprint density at radius 1 is 1.28 bits per heavy atom. The summed E-state index contributed by atoms with van der Waals surface area (Å²) in [5.74, 6) is 0.113. The molecule has 18 heavy (non-hydrogen) atoms. The molecule has 1 atom stereocenters. The minimum absolute atomic E-state index is 0.113. The van der Waals surface area contributed by atoms with Crippen LogP contribution in [0.3, 0.4) is 0 Å². The highest BCUT2D eigenvalue weighted by atomic mass is 16.5. The number of nitrogens with one attached hydrogen (secondary N) is 2. The maximum absolute atomic E-state index is 11.3. The van der Waals surface area contributed by atoms with Crippen molar-refractivity contribution in [2.24, 2.45) is 0 Å². The Morgan fingerprint density at radius 3 is 2.67 bits per heavy atom. The van der Waals surface area contributed by atoms with Crippen LogP contribution >= 0.6 is 0 Å². The topological polar surface area (TPSA) is 53.6 Å². The van der Waals surface area contributed by atoms with Gasteiger partial charge in [-0.05, 0) is 25.7 Å². The van der Waals surface area contributed by atoms with Gasteiger partial charge in [-0.1, -0.05) is 0 Å². The minimum atomic E-state index is 0.113. The van der Waals surface area contributed by atoms with E-state index in [-0.39, 0.29) is 5.91 Å². The largest absolute Gasteiger partial charge is 0.380 e. The van der Waals surface area contributed by atoms with E-state index in [2.05, 4.69) is 15.5 Å². The Balaban J connectivity index is 1.65. The molecule has 0 aromatic rings. The van der Waals surface area contributed by atoms with E-state index in [1.807, 2.05) is 0 Å². The third-order valence-corrected chi connectivity index (χ3v) is 3.87. The molecule has 2 rings (SSSR count). The fourth-order valence-electron chi connectivity index (χ4n) is 2.75. The summed E-state index contributed by atoms with van der Waals surface area (Å²) in [7, 11) is 1.69. The minimum Gasteiger partial charge on any atom is -0.380 e. The van der Waals surface area contributed by atoms with E-state index in [4.69, 9.17) is 4.74 Å². The lowest BCUT2D eigenvalue weighted by Gasteiger charge is -2.35. The normalized spacial score (nSPS) is 27.1. The first-order valence-corrected chi connectivity index (χ1v) is 7.04. The molecule has 0 spiro atoms. The van der Waals surface area contributed by atoms with E-state index >= 15 is 0 Å². The molecule has 2 heterocycles. The first-order valence-electron chi connectivity index (χ1n) is 7.04. The number of carbonyl (C=O) groups is 1. The first kappa shape index (κ1) is 13.8. The molecular weight excluding hydrogens is 230 g/mol. The van der Waals surface area contributed by atoms with Crippen molar-refractivity contribution in [2.45, 2.75) is 37.8 Å². The molecule has 2 fully saturated rings. The van der Waals surface area contributed by atoms with Crippen LogP contribution in [-0.2, 0) is 9.53 Å². The lowest BCUT2D eigenvalue weighted by molar-refractivity contribution is -0.122. The number of hydrogen-bond acceptors (Lipinski definition) is 4. The van der Waals surface area contributed by atoms with Crippen molar-refractivity contribution in [3.8, 4) is 0 Å². The zero-order valence-electron chi connectivity index (χ0n) is 11.3. The quantitative estimate of drug-likeness (QED) is 0.740. The van der Waals surface area contributed by atoms with Crippen molar-refractivity contribution in [3.63, 3.8) is 0 Å². The summed E-state index contributed by atoms with van der Waals surface area (Å²) >= 11 is 0. The molecule has 0 aromatic carbocycles. The van der Waals surface area contributed by atoms with Crippen molar-refractivity contribution in [2.75, 3.05) is 39.9 Å². The fraction of sp³-hybridized carbons (Fsp3) is 0.923. The Morgan fingerprint density at radius 2 is 2.06 bits per heavy atom. The van der Waals surface area contributed by atoms with Gasteiger partial charge in [-0.2, -0.15) is 0 Å². The highest BCUT2D eigenvalue weighted by Gasteiger charge is 2.23. The second kappa shape index (κ2) is 7.07. The van der Waals surface area contributed by atoms with Crippen LogP contribution in [0.2, 0.25) is 0 Å². The zero-order valence-corrected chi connectivity index (χ0v) is 11.3. The Hall–Kier alpha value is -0.650. The summed E-state index contributed by atoms with van der Waals surface area (Å²) in [5.41, 5.74) is 0. The summed E-state index contributed by atoms with van der Waals surface area (Å²) in [6.45, 7) is 4.34. The second-order valence-electron chi connectivity index (χ2n) is 5.30. The monoisotopic (exact) mass is 255 g/mol. The van der Waals surface area contributed by atoms with Crippen molar-refractivity contribution in [1.82, 2.24) is 15.5 Å². The van der Waals surface area contributed by atoms with Gasteiger partial charge in [-0.3, -0.25) is 9.69 Å². The van der Waals surface area contributed by atoms with Crippen LogP contribution in [0.5, 0.6) is 0 Å². The second-order valence-corrected chi connectivity index (χ2v) is 5.30. The Kier molecular flexibility index (Phi) is 5.41. The molecule has 0 saturated carbocycles. The lowest BCUT2D eigenvalue weighted by atomic mass is 10.0. The first-order chi connectivity index (χ1) is 8.78. The van der Waals surface area contributed by atoms with Gasteiger partial charge >= 0.3 is 0 Å². The predicted octanol–water partition coefficient (Wildman–Crippen LogP) is -0.0346. The number of piperidine rings is 1. The standard InChI is InChI=1S/C13H25N3O2/c1-14-13(17)9-16-6-4-11(5-7-16)15-12-3-2-8-18-10-12/h11-12,15H,2-10H2,1H3,(H,14,17). The molecule has 104 valence electrons. The molecule has 5 heteroatoms. The number of ether oxygens (including phenoxy) is 1. The van der Waals surface area contributed by atoms with Crippen LogP contribution in [0.4, 0.5) is 0 Å². The van der Waals surface area contributed by atoms with Gasteiger partial charge in [-0.15, -0.1) is 0 Å². The van der Waals surface area contributed by atoms with Crippen LogP contribution in [0.25, 0.3) is 0 Å². The van der Waals surface area contributed by atoms with E-state index in [1.165, 1.54) is 12.8 Å². The summed E-state index contributed by atoms with van der Waals surface area (Å²) in [6.07, 6.45) is 4.67. The third-order valence-electron chi connectivity index (χ3n) is 3.87. The van der Waals surface area contributed by atoms with Crippen LogP contribution in [0, 0.1) is 0 Å². The molecule has 2 aliphatic heterocycles. The third kappa shape index (κ3) is 4.23. The van der Waals surface area contributed by atoms with Crippen molar-refractivity contribution in [3.05, 3.63) is 0 Å². The molecule has 1 amide bonds. The average Bonchev–Trinajstić information content (AvgIpc) is 2.42. The molecule has 0 aromatic heterocycles. The highest BCUT2D eigenvalue weighted by Crippen LogP contribution is 2.13. The fourth-order valence-corrected chi connectivity index (χ4v) is 2.75. The van der Waals surface area contributed by atoms with Crippen molar-refractivity contribution in [1.29, 1.82) is 0 Å². The van der Waals surface area contributed by atoms with E-state index in [0.29, 0.717) is 18.6 Å². The van der Waals surface area contributed by atoms with Gasteiger partial charge in [0.15, 0.2) is 0 Å². The maximum atomic E-state index is 11.3. The van der Waals surface area contributed by atoms with Gasteiger partial charge in [0, 0.05) is 38.8 Å². The molecule has 5 nitrogen and oxygen atoms in total. The van der Waals surface area contributed by atoms with Gasteiger partial charge in [0.1, 0.15) is 0 Å². The van der Waals surface area contributed by atoms with Gasteiger partial charge in [0.05, 0.1) is 13.2 Å². The van der Waals surface area contributed by atoms with Crippen LogP contribution < -0.4 is 10.6 Å². The van der Waals surface area contributed by atoms with E-state index in [0.717, 1.165) is 39.1 Å². The van der Waals surface area contributed by atoms with Crippen LogP contribution in [-0.4, -0.2) is 62.8 Å². The molecular formula is C13H25N3O2. The van der Waals surface area contributed by atoms with Crippen LogP contribution in [0.1, 0.15) is 25.7 Å². The van der Waals surface area contributed by atoms with Crippen LogP contribution in [0.15, 0.2) is 0 Å². The molecule has 1 unspecified atom stereocenters. The Labute approximate surface area is 109 Å². The highest BCUT2D eigenvalue weighted by molar-refractivity contribution is 5.77. The summed E-state index contributed by atoms with van der Waals surface area (Å²) in [6, 6.07) is 1.13. The predicted molar refractivity (Wildman–Crippen MR) is 70.5 cm³/mol. The number of nitrogens with zero attached hydrogens (tertiary/aromatic N) is 1. The maximum Gasteiger partial charge on any atom is 0.233 e. The molecule has 2 aliphatic rings. The Bertz CT molecular complexity index is 259. The number of carbonyl (C=O) groups excluding carboxylic acids is 1. The van der Waals surface area contributed by atoms with Gasteiger partial charge in [-0.25, -0.2) is 0 Å². The summed E-state index contributed by atoms with van der Waals surface area (Å²) < 4.78 is 5.49. The van der Waals surface area contributed by atoms with Crippen molar-refractivity contribution >= 4 is 5.91 Å². The van der Waals surface area contributed by atoms with E-state index < -0.39 is 0 Å². The lowest BCUT2D eigenvalue weighted by Crippen LogP contribution is -2.49. The summed E-state index contributed by atoms with van der Waals surface area (Å²) in [5, 5.41) is 6.37. The number of hydrogen-bond donors (Lipinski definition) is 2. The zero-order chi connectivity index (χ0) is 12.8. The molecule has 0 radical (unpaired) electrons. The smallest absolute Gasteiger partial charge is 0.233 e. The average molecular weight is 255 g/mol. The van der Waals surface area contributed by atoms with E-state index in [9.17, 15) is 4.79 Å². The molecule has 0 bridgehead atoms.